The van der Waals surface area contributed by atoms with Crippen molar-refractivity contribution in [2.24, 2.45) is 57.1 Å². The topological polar surface area (TPSA) is 469 Å². The number of likely N-dealkylation sites (tertiary alicyclic amines) is 1. The minimum absolute atomic E-state index is 0.0267. The number of carbonyl (C=O) groups is 4. The van der Waals surface area contributed by atoms with Gasteiger partial charge in [0.05, 0.1) is 6.10 Å². The van der Waals surface area contributed by atoms with Gasteiger partial charge in [-0.2, -0.15) is 0 Å². The molecule has 0 radical (unpaired) electrons. The van der Waals surface area contributed by atoms with Crippen LogP contribution in [0.15, 0.2) is 4.99 Å². The molecule has 29 nitrogen and oxygen atoms in total. The predicted molar refractivity (Wildman–Crippen MR) is 398 cm³/mol. The average molecular weight is 1390 g/mol. The first-order valence-corrected chi connectivity index (χ1v) is 37.5. The molecule has 0 unspecified atom stereocenters. The second-order valence-corrected chi connectivity index (χ2v) is 28.2. The van der Waals surface area contributed by atoms with Crippen LogP contribution in [0.1, 0.15) is 165 Å². The summed E-state index contributed by atoms with van der Waals surface area (Å²) < 4.78 is 0. The quantitative estimate of drug-likeness (QED) is 0.0177. The maximum Gasteiger partial charge on any atom is 0.303 e. The number of aliphatic hydroxyl groups is 1. The van der Waals surface area contributed by atoms with Crippen LogP contribution in [-0.2, 0) is 19.2 Å². The number of carboxylic acids is 2. The first kappa shape index (κ1) is 91.4. The Labute approximate surface area is 586 Å². The van der Waals surface area contributed by atoms with Gasteiger partial charge in [0.1, 0.15) is 0 Å². The zero-order valence-electron chi connectivity index (χ0n) is 61.8. The number of nitrogens with two attached hydrogens (primary N) is 6. The molecule has 2 amide bonds. The number of unbranched alkanes of at least 4 members (excludes halogenated alkanes) is 1. The maximum absolute atomic E-state index is 12.2. The van der Waals surface area contributed by atoms with E-state index in [1.807, 2.05) is 6.92 Å². The smallest absolute Gasteiger partial charge is 0.303 e. The van der Waals surface area contributed by atoms with Gasteiger partial charge in [0.2, 0.25) is 11.8 Å². The second-order valence-electron chi connectivity index (χ2n) is 28.2. The molecular formula is C68H148N22O7. The number of primary amides is 2. The summed E-state index contributed by atoms with van der Waals surface area (Å²) in [5.74, 6) is -0.928. The molecule has 0 aromatic carbocycles. The molecule has 1 heterocycles. The van der Waals surface area contributed by atoms with Gasteiger partial charge in [-0.1, -0.05) is 54.4 Å². The lowest BCUT2D eigenvalue weighted by Crippen LogP contribution is -2.52. The summed E-state index contributed by atoms with van der Waals surface area (Å²) in [6.07, 6.45) is 10.9. The van der Waals surface area contributed by atoms with Crippen LogP contribution >= 0.6 is 0 Å². The summed E-state index contributed by atoms with van der Waals surface area (Å²) >= 11 is 0. The molecule has 29 heteroatoms. The van der Waals surface area contributed by atoms with E-state index in [4.69, 9.17) is 34.4 Å². The number of aliphatic hydroxyl groups excluding tert-OH is 1. The Hall–Kier alpha value is -3.57. The number of hydrogen-bond donors (Lipinski definition) is 23. The molecular weight excluding hydrogens is 1240 g/mol. The number of nitrogens with one attached hydrogen (secondary N) is 14. The van der Waals surface area contributed by atoms with Crippen LogP contribution in [-0.4, -0.2) is 273 Å². The van der Waals surface area contributed by atoms with Crippen molar-refractivity contribution in [1.82, 2.24) is 79.3 Å². The Morgan fingerprint density at radius 1 is 0.495 bits per heavy atom. The van der Waals surface area contributed by atoms with Gasteiger partial charge < -0.3 is 124 Å². The highest BCUT2D eigenvalue weighted by Crippen LogP contribution is 2.20. The summed E-state index contributed by atoms with van der Waals surface area (Å²) in [4.78, 5) is 54.2. The molecule has 0 spiro atoms. The molecule has 0 saturated carbocycles. The lowest BCUT2D eigenvalue weighted by atomic mass is 9.98. The Morgan fingerprint density at radius 2 is 0.979 bits per heavy atom. The molecule has 1 aliphatic heterocycles. The second kappa shape index (κ2) is 59.0. The van der Waals surface area contributed by atoms with Crippen molar-refractivity contribution in [2.75, 3.05) is 151 Å². The molecule has 0 bridgehead atoms. The third-order valence-electron chi connectivity index (χ3n) is 18.7. The number of carboxylic acid groups (broad SMARTS) is 2. The third kappa shape index (κ3) is 51.3. The van der Waals surface area contributed by atoms with E-state index in [0.717, 1.165) is 104 Å². The zero-order valence-corrected chi connectivity index (χ0v) is 61.8. The van der Waals surface area contributed by atoms with E-state index in [0.29, 0.717) is 153 Å². The number of rotatable bonds is 70. The van der Waals surface area contributed by atoms with Gasteiger partial charge in [-0.15, -0.1) is 0 Å². The largest absolute Gasteiger partial charge is 0.481 e. The van der Waals surface area contributed by atoms with Crippen LogP contribution in [0.25, 0.3) is 0 Å². The van der Waals surface area contributed by atoms with Crippen molar-refractivity contribution in [3.05, 3.63) is 0 Å². The van der Waals surface area contributed by atoms with Crippen LogP contribution in [0, 0.1) is 17.8 Å². The van der Waals surface area contributed by atoms with Crippen molar-refractivity contribution in [3.63, 3.8) is 0 Å². The maximum atomic E-state index is 12.2. The molecule has 0 aromatic rings. The fourth-order valence-corrected chi connectivity index (χ4v) is 12.3. The number of aliphatic imine (C=N–C) groups is 1. The number of guanidine groups is 1. The Morgan fingerprint density at radius 3 is 1.51 bits per heavy atom. The lowest BCUT2D eigenvalue weighted by molar-refractivity contribution is -0.138. The number of nitrogens with zero attached hydrogens (tertiary/aromatic N) is 2. The molecule has 1 rings (SSSR count). The van der Waals surface area contributed by atoms with E-state index in [-0.39, 0.29) is 91.8 Å². The van der Waals surface area contributed by atoms with E-state index < -0.39 is 18.0 Å². The van der Waals surface area contributed by atoms with Crippen LogP contribution in [0.4, 0.5) is 0 Å². The van der Waals surface area contributed by atoms with Crippen molar-refractivity contribution in [1.29, 1.82) is 0 Å². The summed E-state index contributed by atoms with van der Waals surface area (Å²) in [5, 5.41) is 80.8. The highest BCUT2D eigenvalue weighted by Gasteiger charge is 2.29. The number of amides is 2. The summed E-state index contributed by atoms with van der Waals surface area (Å²) in [6.45, 7) is 34.0. The minimum atomic E-state index is -0.846. The van der Waals surface area contributed by atoms with E-state index in [1.165, 1.54) is 12.8 Å². The highest BCUT2D eigenvalue weighted by atomic mass is 16.4. The van der Waals surface area contributed by atoms with Crippen molar-refractivity contribution < 1.29 is 34.5 Å². The molecule has 1 fully saturated rings. The van der Waals surface area contributed by atoms with Crippen LogP contribution in [0.5, 0.6) is 0 Å². The van der Waals surface area contributed by atoms with Crippen LogP contribution in [0.2, 0.25) is 0 Å². The van der Waals surface area contributed by atoms with Gasteiger partial charge in [0.15, 0.2) is 5.96 Å². The van der Waals surface area contributed by atoms with Gasteiger partial charge in [-0.3, -0.25) is 29.1 Å². The van der Waals surface area contributed by atoms with Gasteiger partial charge in [0, 0.05) is 230 Å². The van der Waals surface area contributed by atoms with Crippen molar-refractivity contribution in [3.8, 4) is 0 Å². The highest BCUT2D eigenvalue weighted by molar-refractivity contribution is 5.75. The first-order chi connectivity index (χ1) is 46.5. The molecule has 1 aliphatic rings. The van der Waals surface area contributed by atoms with Gasteiger partial charge in [0.25, 0.3) is 0 Å². The van der Waals surface area contributed by atoms with Gasteiger partial charge >= 0.3 is 11.9 Å². The molecule has 29 N–H and O–H groups in total. The van der Waals surface area contributed by atoms with Crippen LogP contribution < -0.4 is 109 Å². The summed E-state index contributed by atoms with van der Waals surface area (Å²) in [6, 6.07) is 1.28. The monoisotopic (exact) mass is 1390 g/mol. The SMILES string of the molecule is CC[C@H](C)[C@@H](CNCCN[C@H](CNCCNCCN[C@@H](CCC(=O)O)CN[C@H](CN[C@@H](CCC(N)=O)CN[C@@H](CCCN=C(N)N)CNCCN[C@@H](CCC(N)=O)CN[C@@H](CCC(=O)O)CN[C@H](C)CCCCN)CC(C)C)[C@@H](C)O)NC[C@@H]1CCCN1C[C@@H](NCCN)C(C)C. The molecule has 572 valence electrons. The fourth-order valence-electron chi connectivity index (χ4n) is 12.3. The number of carbonyl (C=O) groups excluding carboxylic acids is 2. The Kier molecular flexibility index (Phi) is 55.6. The van der Waals surface area contributed by atoms with E-state index in [2.05, 4.69) is 133 Å². The number of aliphatic carboxylic acids is 2. The van der Waals surface area contributed by atoms with Crippen LogP contribution in [0.3, 0.4) is 0 Å². The van der Waals surface area contributed by atoms with Crippen molar-refractivity contribution in [2.45, 2.75) is 237 Å². The fraction of sp³-hybridized carbons (Fsp3) is 0.926. The summed E-state index contributed by atoms with van der Waals surface area (Å²) in [7, 11) is 0. The molecule has 97 heavy (non-hydrogen) atoms. The number of hydrogen-bond acceptors (Lipinski definition) is 23. The molecule has 0 aromatic heterocycles. The predicted octanol–water partition coefficient (Wildman–Crippen LogP) is -2.06. The lowest BCUT2D eigenvalue weighted by Gasteiger charge is -2.33. The van der Waals surface area contributed by atoms with E-state index in [1.54, 1.807) is 0 Å². The van der Waals surface area contributed by atoms with Gasteiger partial charge in [-0.25, -0.2) is 0 Å². The molecule has 0 aliphatic carbocycles. The van der Waals surface area contributed by atoms with Crippen molar-refractivity contribution >= 4 is 29.7 Å². The van der Waals surface area contributed by atoms with Gasteiger partial charge in [-0.05, 0) is 115 Å². The average Bonchev–Trinajstić information content (AvgIpc) is 1.86. The normalized spacial score (nSPS) is 17.5. The Bertz CT molecular complexity index is 1970. The minimum Gasteiger partial charge on any atom is -0.481 e. The zero-order chi connectivity index (χ0) is 72.0. The Balaban J connectivity index is 2.80. The standard InChI is InChI=1S/C68H148N22O7/c1-9-51(6)61(89-45-60-16-13-37-90(60)48-63(50(4)5)81-28-26-70)46-78-33-36-82-62(53(8)91)47-77-30-29-75-31-34-79-56(19-23-66(94)95)42-88-59(38-49(2)3)44-87-57(18-22-65(72)93)43-85-54(15-12-27-83-68(73)74)39-76-32-35-80-55(17-21-64(71)92)41-86-58(20-24-67(96)97)40-84-52(7)14-10-11-25-69/h49-63,75-82,84-89,91H,9-48,69-70H2,1-8H3,(H2,71,92)(H2,72,93)(H,94,95)(H,96,97)(H4,73,74,83)/t51-,52+,53+,54-,55-,56-,57-,58-,59-,60-,61+,62+,63+/m0/s1. The third-order valence-corrected chi connectivity index (χ3v) is 18.7. The summed E-state index contributed by atoms with van der Waals surface area (Å²) in [5.41, 5.74) is 34.1. The van der Waals surface area contributed by atoms with E-state index >= 15 is 0 Å². The molecule has 1 saturated heterocycles. The molecule has 13 atom stereocenters. The first-order valence-electron chi connectivity index (χ1n) is 37.5. The van der Waals surface area contributed by atoms with E-state index in [9.17, 15) is 34.5 Å².